The second-order valence-corrected chi connectivity index (χ2v) is 6.33. The highest BCUT2D eigenvalue weighted by Gasteiger charge is 2.38. The lowest BCUT2D eigenvalue weighted by Gasteiger charge is -2.36. The van der Waals surface area contributed by atoms with Crippen LogP contribution in [-0.4, -0.2) is 36.5 Å². The van der Waals surface area contributed by atoms with Gasteiger partial charge in [-0.2, -0.15) is 0 Å². The molecule has 21 heavy (non-hydrogen) atoms. The summed E-state index contributed by atoms with van der Waals surface area (Å²) in [5.41, 5.74) is 6.24. The predicted molar refractivity (Wildman–Crippen MR) is 80.4 cm³/mol. The Hall–Kier alpha value is -1.62. The lowest BCUT2D eigenvalue weighted by molar-refractivity contribution is 0.0918. The first-order chi connectivity index (χ1) is 10.0. The van der Waals surface area contributed by atoms with E-state index in [-0.39, 0.29) is 11.6 Å². The van der Waals surface area contributed by atoms with Crippen LogP contribution in [0.25, 0.3) is 0 Å². The summed E-state index contributed by atoms with van der Waals surface area (Å²) in [6.45, 7) is 0.677. The maximum atomic E-state index is 13.0. The van der Waals surface area contributed by atoms with Gasteiger partial charge in [-0.3, -0.25) is 4.79 Å². The van der Waals surface area contributed by atoms with Gasteiger partial charge in [0.15, 0.2) is 0 Å². The average Bonchev–Trinajstić information content (AvgIpc) is 2.67. The molecule has 2 saturated heterocycles. The number of benzene rings is 1. The largest absolute Gasteiger partial charge is 0.398 e. The SMILES string of the molecule is CN1C2CCC1CC(CNC(=O)c1ccc(F)cc1N)C2. The van der Waals surface area contributed by atoms with Gasteiger partial charge < -0.3 is 16.0 Å². The fourth-order valence-corrected chi connectivity index (χ4v) is 3.76. The third kappa shape index (κ3) is 2.88. The van der Waals surface area contributed by atoms with E-state index >= 15 is 0 Å². The standard InChI is InChI=1S/C16H22FN3O/c1-20-12-3-4-13(20)7-10(6-12)9-19-16(21)14-5-2-11(17)8-15(14)18/h2,5,8,10,12-13H,3-4,6-7,9,18H2,1H3,(H,19,21). The quantitative estimate of drug-likeness (QED) is 0.838. The van der Waals surface area contributed by atoms with Crippen LogP contribution in [0.15, 0.2) is 18.2 Å². The molecule has 3 N–H and O–H groups in total. The number of nitrogen functional groups attached to an aromatic ring is 1. The number of nitrogens with one attached hydrogen (secondary N) is 1. The van der Waals surface area contributed by atoms with E-state index in [1.165, 1.54) is 31.0 Å². The molecule has 0 spiro atoms. The van der Waals surface area contributed by atoms with Crippen LogP contribution in [0.5, 0.6) is 0 Å². The molecular formula is C16H22FN3O. The van der Waals surface area contributed by atoms with Crippen LogP contribution in [0.2, 0.25) is 0 Å². The lowest BCUT2D eigenvalue weighted by Crippen LogP contribution is -2.43. The number of carbonyl (C=O) groups excluding carboxylic acids is 1. The predicted octanol–water partition coefficient (Wildman–Crippen LogP) is 2.01. The minimum atomic E-state index is -0.420. The van der Waals surface area contributed by atoms with Crippen LogP contribution in [0.3, 0.4) is 0 Å². The Bertz CT molecular complexity index is 534. The molecule has 3 rings (SSSR count). The number of hydrogen-bond acceptors (Lipinski definition) is 3. The zero-order chi connectivity index (χ0) is 15.0. The Labute approximate surface area is 124 Å². The molecule has 2 unspecified atom stereocenters. The van der Waals surface area contributed by atoms with Crippen LogP contribution in [0.4, 0.5) is 10.1 Å². The van der Waals surface area contributed by atoms with Crippen molar-refractivity contribution < 1.29 is 9.18 Å². The van der Waals surface area contributed by atoms with E-state index in [1.54, 1.807) is 0 Å². The molecule has 0 saturated carbocycles. The van der Waals surface area contributed by atoms with Gasteiger partial charge in [-0.25, -0.2) is 4.39 Å². The molecule has 2 aliphatic heterocycles. The number of rotatable bonds is 3. The lowest BCUT2D eigenvalue weighted by atomic mass is 9.91. The number of anilines is 1. The topological polar surface area (TPSA) is 58.4 Å². The van der Waals surface area contributed by atoms with Gasteiger partial charge in [-0.1, -0.05) is 0 Å². The Kier molecular flexibility index (Phi) is 3.85. The summed E-state index contributed by atoms with van der Waals surface area (Å²) in [5.74, 6) is -0.0981. The summed E-state index contributed by atoms with van der Waals surface area (Å²) < 4.78 is 13.0. The fraction of sp³-hybridized carbons (Fsp3) is 0.562. The van der Waals surface area contributed by atoms with E-state index in [9.17, 15) is 9.18 Å². The van der Waals surface area contributed by atoms with E-state index in [0.717, 1.165) is 12.8 Å². The molecule has 114 valence electrons. The number of carbonyl (C=O) groups is 1. The van der Waals surface area contributed by atoms with Crippen molar-refractivity contribution in [2.24, 2.45) is 5.92 Å². The molecular weight excluding hydrogens is 269 g/mol. The first kappa shape index (κ1) is 14.3. The molecule has 4 nitrogen and oxygen atoms in total. The summed E-state index contributed by atoms with van der Waals surface area (Å²) in [6, 6.07) is 5.23. The van der Waals surface area contributed by atoms with Gasteiger partial charge in [-0.15, -0.1) is 0 Å². The molecule has 2 atom stereocenters. The summed E-state index contributed by atoms with van der Waals surface area (Å²) in [7, 11) is 2.20. The molecule has 5 heteroatoms. The van der Waals surface area contributed by atoms with Crippen LogP contribution < -0.4 is 11.1 Å². The van der Waals surface area contributed by atoms with E-state index in [2.05, 4.69) is 17.3 Å². The highest BCUT2D eigenvalue weighted by atomic mass is 19.1. The number of halogens is 1. The van der Waals surface area contributed by atoms with Crippen molar-refractivity contribution in [1.29, 1.82) is 0 Å². The van der Waals surface area contributed by atoms with Gasteiger partial charge in [0.05, 0.1) is 5.56 Å². The number of amides is 1. The fourth-order valence-electron chi connectivity index (χ4n) is 3.76. The Morgan fingerprint density at radius 1 is 1.38 bits per heavy atom. The smallest absolute Gasteiger partial charge is 0.253 e. The Balaban J connectivity index is 1.57. The van der Waals surface area contributed by atoms with Gasteiger partial charge in [0, 0.05) is 24.3 Å². The Morgan fingerprint density at radius 3 is 2.67 bits per heavy atom. The highest BCUT2D eigenvalue weighted by Crippen LogP contribution is 2.37. The van der Waals surface area contributed by atoms with E-state index in [4.69, 9.17) is 5.73 Å². The van der Waals surface area contributed by atoms with Gasteiger partial charge in [0.25, 0.3) is 5.91 Å². The van der Waals surface area contributed by atoms with Gasteiger partial charge >= 0.3 is 0 Å². The zero-order valence-electron chi connectivity index (χ0n) is 12.3. The van der Waals surface area contributed by atoms with Crippen molar-refractivity contribution in [2.75, 3.05) is 19.3 Å². The number of nitrogens with zero attached hydrogens (tertiary/aromatic N) is 1. The first-order valence-corrected chi connectivity index (χ1v) is 7.59. The number of hydrogen-bond donors (Lipinski definition) is 2. The molecule has 0 aromatic heterocycles. The Morgan fingerprint density at radius 2 is 2.05 bits per heavy atom. The van der Waals surface area contributed by atoms with Crippen LogP contribution in [0.1, 0.15) is 36.0 Å². The minimum absolute atomic E-state index is 0.191. The molecule has 0 radical (unpaired) electrons. The monoisotopic (exact) mass is 291 g/mol. The zero-order valence-corrected chi connectivity index (χ0v) is 12.3. The molecule has 2 heterocycles. The van der Waals surface area contributed by atoms with Gasteiger partial charge in [0.1, 0.15) is 5.82 Å². The third-order valence-electron chi connectivity index (χ3n) is 5.01. The molecule has 1 amide bonds. The highest BCUT2D eigenvalue weighted by molar-refractivity contribution is 5.99. The summed E-state index contributed by atoms with van der Waals surface area (Å²) in [4.78, 5) is 14.6. The summed E-state index contributed by atoms with van der Waals surface area (Å²) in [5, 5.41) is 2.95. The van der Waals surface area contributed by atoms with Crippen molar-refractivity contribution in [1.82, 2.24) is 10.2 Å². The molecule has 2 fully saturated rings. The molecule has 2 bridgehead atoms. The van der Waals surface area contributed by atoms with Crippen molar-refractivity contribution in [3.8, 4) is 0 Å². The summed E-state index contributed by atoms with van der Waals surface area (Å²) >= 11 is 0. The maximum absolute atomic E-state index is 13.0. The number of nitrogens with two attached hydrogens (primary N) is 1. The second-order valence-electron chi connectivity index (χ2n) is 6.33. The van der Waals surface area contributed by atoms with Crippen molar-refractivity contribution in [2.45, 2.75) is 37.8 Å². The maximum Gasteiger partial charge on any atom is 0.253 e. The van der Waals surface area contributed by atoms with Gasteiger partial charge in [0.2, 0.25) is 0 Å². The molecule has 0 aliphatic carbocycles. The third-order valence-corrected chi connectivity index (χ3v) is 5.01. The molecule has 1 aromatic carbocycles. The van der Waals surface area contributed by atoms with Gasteiger partial charge in [-0.05, 0) is 56.8 Å². The first-order valence-electron chi connectivity index (χ1n) is 7.59. The van der Waals surface area contributed by atoms with E-state index in [0.29, 0.717) is 30.1 Å². The van der Waals surface area contributed by atoms with E-state index in [1.807, 2.05) is 0 Å². The number of piperidine rings is 1. The molecule has 1 aromatic rings. The second kappa shape index (κ2) is 5.64. The van der Waals surface area contributed by atoms with Crippen LogP contribution in [-0.2, 0) is 0 Å². The normalized spacial score (nSPS) is 28.6. The molecule has 2 aliphatic rings. The van der Waals surface area contributed by atoms with Crippen LogP contribution >= 0.6 is 0 Å². The minimum Gasteiger partial charge on any atom is -0.398 e. The average molecular weight is 291 g/mol. The van der Waals surface area contributed by atoms with Crippen molar-refractivity contribution in [3.05, 3.63) is 29.6 Å². The summed E-state index contributed by atoms with van der Waals surface area (Å²) in [6.07, 6.45) is 4.84. The van der Waals surface area contributed by atoms with Crippen LogP contribution in [0, 0.1) is 11.7 Å². The number of fused-ring (bicyclic) bond motifs is 2. The van der Waals surface area contributed by atoms with Crippen molar-refractivity contribution in [3.63, 3.8) is 0 Å². The van der Waals surface area contributed by atoms with Crippen molar-refractivity contribution >= 4 is 11.6 Å². The van der Waals surface area contributed by atoms with E-state index < -0.39 is 5.82 Å².